The maximum absolute atomic E-state index is 13.7. The van der Waals surface area contributed by atoms with Gasteiger partial charge in [-0.25, -0.2) is 8.42 Å². The van der Waals surface area contributed by atoms with E-state index in [1.54, 1.807) is 6.20 Å². The summed E-state index contributed by atoms with van der Waals surface area (Å²) in [6.45, 7) is 0. The zero-order valence-corrected chi connectivity index (χ0v) is 19.8. The molecule has 7 nitrogen and oxygen atoms in total. The van der Waals surface area contributed by atoms with Gasteiger partial charge in [-0.1, -0.05) is 60.3 Å². The number of fused-ring (bicyclic) bond motifs is 1. The third-order valence-corrected chi connectivity index (χ3v) is 9.27. The van der Waals surface area contributed by atoms with Gasteiger partial charge in [-0.3, -0.25) is 4.79 Å². The number of Topliss-reactive ketones (excluding diaryl/α,β-unsaturated/α-hetero) is 1. The van der Waals surface area contributed by atoms with E-state index in [1.807, 2.05) is 66.2 Å². The fourth-order valence-corrected chi connectivity index (χ4v) is 7.29. The summed E-state index contributed by atoms with van der Waals surface area (Å²) in [6.07, 6.45) is 2.99. The Kier molecular flexibility index (Phi) is 5.84. The number of thioether (sulfide) groups is 1. The molecule has 0 amide bonds. The average molecular weight is 481 g/mol. The molecule has 0 spiro atoms. The smallest absolute Gasteiger partial charge is 0.191 e. The van der Waals surface area contributed by atoms with Crippen LogP contribution < -0.4 is 0 Å². The first-order valence-electron chi connectivity index (χ1n) is 10.8. The summed E-state index contributed by atoms with van der Waals surface area (Å²) >= 11 is 1.37. The zero-order chi connectivity index (χ0) is 23.0. The van der Waals surface area contributed by atoms with Gasteiger partial charge in [0.25, 0.3) is 0 Å². The van der Waals surface area contributed by atoms with Crippen molar-refractivity contribution in [1.29, 1.82) is 0 Å². The van der Waals surface area contributed by atoms with Crippen molar-refractivity contribution in [2.45, 2.75) is 23.2 Å². The van der Waals surface area contributed by atoms with Gasteiger partial charge in [-0.15, -0.1) is 10.2 Å². The summed E-state index contributed by atoms with van der Waals surface area (Å²) in [4.78, 5) is 16.9. The van der Waals surface area contributed by atoms with E-state index < -0.39 is 15.1 Å². The standard InChI is InChI=1S/C24H24N4O3S2/c1-28-21(13-16-11-12-33(30,31)15-16)26-27-24(28)32-23(17-7-3-2-4-8-17)22(29)19-14-25-20-10-6-5-9-18(19)20/h2-10,14,16,23,25H,11-13,15H2,1H3/t16-,23-/m1/s1. The molecule has 1 saturated heterocycles. The molecule has 0 unspecified atom stereocenters. The monoisotopic (exact) mass is 480 g/mol. The topological polar surface area (TPSA) is 97.7 Å². The van der Waals surface area contributed by atoms with Crippen LogP contribution in [-0.2, 0) is 23.3 Å². The number of H-pyrrole nitrogens is 1. The highest BCUT2D eigenvalue weighted by Crippen LogP contribution is 2.38. The SMILES string of the molecule is Cn1c(C[C@H]2CCS(=O)(=O)C2)nnc1S[C@@H](C(=O)c1c[nH]c2ccccc12)c1ccccc1. The van der Waals surface area contributed by atoms with Gasteiger partial charge >= 0.3 is 0 Å². The number of sulfone groups is 1. The molecule has 1 N–H and O–H groups in total. The van der Waals surface area contributed by atoms with Gasteiger partial charge < -0.3 is 9.55 Å². The van der Waals surface area contributed by atoms with Crippen molar-refractivity contribution in [3.8, 4) is 0 Å². The van der Waals surface area contributed by atoms with Crippen LogP contribution in [0.25, 0.3) is 10.9 Å². The van der Waals surface area contributed by atoms with Gasteiger partial charge in [0.05, 0.1) is 11.5 Å². The molecule has 170 valence electrons. The molecule has 5 rings (SSSR count). The average Bonchev–Trinajstić information content (AvgIpc) is 3.50. The fourth-order valence-electron chi connectivity index (χ4n) is 4.34. The van der Waals surface area contributed by atoms with Crippen LogP contribution >= 0.6 is 11.8 Å². The van der Waals surface area contributed by atoms with Crippen molar-refractivity contribution >= 4 is 38.3 Å². The molecule has 0 saturated carbocycles. The minimum absolute atomic E-state index is 0.00455. The number of aromatic amines is 1. The Balaban J connectivity index is 1.44. The molecule has 33 heavy (non-hydrogen) atoms. The minimum atomic E-state index is -2.94. The van der Waals surface area contributed by atoms with Gasteiger partial charge in [0.15, 0.2) is 20.8 Å². The van der Waals surface area contributed by atoms with Gasteiger partial charge in [-0.2, -0.15) is 0 Å². The molecular weight excluding hydrogens is 456 g/mol. The van der Waals surface area contributed by atoms with E-state index in [1.165, 1.54) is 11.8 Å². The first-order chi connectivity index (χ1) is 15.9. The molecule has 0 radical (unpaired) electrons. The largest absolute Gasteiger partial charge is 0.360 e. The molecule has 9 heteroatoms. The Hall–Kier alpha value is -2.91. The van der Waals surface area contributed by atoms with E-state index >= 15 is 0 Å². The van der Waals surface area contributed by atoms with Gasteiger partial charge in [-0.05, 0) is 24.0 Å². The number of rotatable bonds is 7. The van der Waals surface area contributed by atoms with Crippen molar-refractivity contribution in [2.24, 2.45) is 13.0 Å². The summed E-state index contributed by atoms with van der Waals surface area (Å²) in [7, 11) is -1.07. The molecular formula is C24H24N4O3S2. The summed E-state index contributed by atoms with van der Waals surface area (Å²) in [5.74, 6) is 1.25. The van der Waals surface area contributed by atoms with Crippen molar-refractivity contribution in [3.63, 3.8) is 0 Å². The second-order valence-corrected chi connectivity index (χ2v) is 11.8. The molecule has 1 aliphatic heterocycles. The van der Waals surface area contributed by atoms with E-state index in [-0.39, 0.29) is 23.2 Å². The second-order valence-electron chi connectivity index (χ2n) is 8.45. The Morgan fingerprint density at radius 1 is 1.15 bits per heavy atom. The van der Waals surface area contributed by atoms with Crippen molar-refractivity contribution in [3.05, 3.63) is 77.7 Å². The van der Waals surface area contributed by atoms with Gasteiger partial charge in [0, 0.05) is 36.1 Å². The lowest BCUT2D eigenvalue weighted by molar-refractivity contribution is 0.0991. The van der Waals surface area contributed by atoms with Crippen LogP contribution in [0.15, 0.2) is 66.0 Å². The van der Waals surface area contributed by atoms with E-state index in [2.05, 4.69) is 15.2 Å². The van der Waals surface area contributed by atoms with Crippen molar-refractivity contribution in [2.75, 3.05) is 11.5 Å². The molecule has 1 aliphatic rings. The number of hydrogen-bond acceptors (Lipinski definition) is 6. The molecule has 0 aliphatic carbocycles. The van der Waals surface area contributed by atoms with E-state index in [0.29, 0.717) is 23.6 Å². The van der Waals surface area contributed by atoms with Crippen LogP contribution in [0.5, 0.6) is 0 Å². The molecule has 2 atom stereocenters. The summed E-state index contributed by atoms with van der Waals surface area (Å²) in [5, 5.41) is 9.71. The second kappa shape index (κ2) is 8.79. The quantitative estimate of drug-likeness (QED) is 0.317. The highest BCUT2D eigenvalue weighted by molar-refractivity contribution is 8.00. The molecule has 2 aromatic heterocycles. The fraction of sp³-hybridized carbons (Fsp3) is 0.292. The Morgan fingerprint density at radius 3 is 2.67 bits per heavy atom. The Bertz CT molecular complexity index is 1410. The molecule has 0 bridgehead atoms. The lowest BCUT2D eigenvalue weighted by Gasteiger charge is -2.15. The van der Waals surface area contributed by atoms with E-state index in [4.69, 9.17) is 0 Å². The number of carbonyl (C=O) groups excluding carboxylic acids is 1. The molecule has 2 aromatic carbocycles. The maximum atomic E-state index is 13.7. The lowest BCUT2D eigenvalue weighted by Crippen LogP contribution is -2.12. The van der Waals surface area contributed by atoms with Crippen LogP contribution in [0.1, 0.15) is 33.4 Å². The molecule has 1 fully saturated rings. The van der Waals surface area contributed by atoms with E-state index in [0.717, 1.165) is 22.3 Å². The number of carbonyl (C=O) groups is 1. The minimum Gasteiger partial charge on any atom is -0.360 e. The predicted molar refractivity (Wildman–Crippen MR) is 129 cm³/mol. The summed E-state index contributed by atoms with van der Waals surface area (Å²) < 4.78 is 25.5. The van der Waals surface area contributed by atoms with Gasteiger partial charge in [0.2, 0.25) is 0 Å². The summed E-state index contributed by atoms with van der Waals surface area (Å²) in [5.41, 5.74) is 2.46. The highest BCUT2D eigenvalue weighted by Gasteiger charge is 2.31. The number of hydrogen-bond donors (Lipinski definition) is 1. The van der Waals surface area contributed by atoms with E-state index in [9.17, 15) is 13.2 Å². The third kappa shape index (κ3) is 4.47. The third-order valence-electron chi connectivity index (χ3n) is 6.14. The van der Waals surface area contributed by atoms with Crippen LogP contribution in [0, 0.1) is 5.92 Å². The van der Waals surface area contributed by atoms with Crippen LogP contribution in [0.3, 0.4) is 0 Å². The maximum Gasteiger partial charge on any atom is 0.191 e. The number of aromatic nitrogens is 4. The predicted octanol–water partition coefficient (Wildman–Crippen LogP) is 3.99. The molecule has 4 aromatic rings. The van der Waals surface area contributed by atoms with Crippen LogP contribution in [0.4, 0.5) is 0 Å². The first-order valence-corrected chi connectivity index (χ1v) is 13.5. The number of ketones is 1. The first kappa shape index (κ1) is 21.9. The van der Waals surface area contributed by atoms with Crippen LogP contribution in [0.2, 0.25) is 0 Å². The zero-order valence-electron chi connectivity index (χ0n) is 18.1. The number of benzene rings is 2. The Labute approximate surface area is 196 Å². The van der Waals surface area contributed by atoms with Gasteiger partial charge in [0.1, 0.15) is 11.1 Å². The van der Waals surface area contributed by atoms with Crippen LogP contribution in [-0.4, -0.2) is 45.5 Å². The van der Waals surface area contributed by atoms with Crippen molar-refractivity contribution in [1.82, 2.24) is 19.7 Å². The normalized spacial score (nSPS) is 18.5. The lowest BCUT2D eigenvalue weighted by atomic mass is 10.0. The summed E-state index contributed by atoms with van der Waals surface area (Å²) in [6, 6.07) is 17.4. The number of para-hydroxylation sites is 1. The number of nitrogens with one attached hydrogen (secondary N) is 1. The number of nitrogens with zero attached hydrogens (tertiary/aromatic N) is 3. The Morgan fingerprint density at radius 2 is 1.91 bits per heavy atom. The molecule has 3 heterocycles. The van der Waals surface area contributed by atoms with Crippen molar-refractivity contribution < 1.29 is 13.2 Å². The highest BCUT2D eigenvalue weighted by atomic mass is 32.2.